The van der Waals surface area contributed by atoms with Crippen molar-refractivity contribution in [2.24, 2.45) is 12.2 Å². The highest BCUT2D eigenvalue weighted by molar-refractivity contribution is 6.19. The van der Waals surface area contributed by atoms with E-state index in [-0.39, 0.29) is 0 Å². The Morgan fingerprint density at radius 2 is 1.33 bits per heavy atom. The van der Waals surface area contributed by atoms with Crippen molar-refractivity contribution in [3.63, 3.8) is 0 Å². The summed E-state index contributed by atoms with van der Waals surface area (Å²) in [7, 11) is 4.14. The highest BCUT2D eigenvalue weighted by atomic mass is 16.7. The van der Waals surface area contributed by atoms with E-state index in [1.807, 2.05) is 67.7 Å². The zero-order valence-electron chi connectivity index (χ0n) is 23.9. The Kier molecular flexibility index (Phi) is 6.51. The topological polar surface area (TPSA) is 58.9 Å². The lowest BCUT2D eigenvalue weighted by Crippen LogP contribution is -2.52. The van der Waals surface area contributed by atoms with E-state index in [0.29, 0.717) is 11.3 Å². The minimum Gasteiger partial charge on any atom is -0.351 e. The highest BCUT2D eigenvalue weighted by Crippen LogP contribution is 2.48. The number of nitrogens with one attached hydrogen (secondary N) is 1. The van der Waals surface area contributed by atoms with Crippen LogP contribution in [0.25, 0.3) is 22.2 Å². The largest absolute Gasteiger partial charge is 0.365 e. The van der Waals surface area contributed by atoms with E-state index in [1.54, 1.807) is 12.1 Å². The second-order valence-electron chi connectivity index (χ2n) is 10.6. The molecule has 0 fully saturated rings. The lowest BCUT2D eigenvalue weighted by Gasteiger charge is -2.40. The van der Waals surface area contributed by atoms with Crippen molar-refractivity contribution in [1.82, 2.24) is 4.57 Å². The molecule has 1 atom stereocenters. The zero-order valence-corrected chi connectivity index (χ0v) is 23.9. The van der Waals surface area contributed by atoms with E-state index < -0.39 is 11.6 Å². The van der Waals surface area contributed by atoms with Gasteiger partial charge in [-0.2, -0.15) is 0 Å². The van der Waals surface area contributed by atoms with E-state index in [1.165, 1.54) is 0 Å². The predicted molar refractivity (Wildman–Crippen MR) is 173 cm³/mol. The van der Waals surface area contributed by atoms with Gasteiger partial charge in [0.25, 0.3) is 0 Å². The van der Waals surface area contributed by atoms with Gasteiger partial charge in [-0.15, -0.1) is 0 Å². The number of nitrogens with zero attached hydrogens (tertiary/aromatic N) is 3. The third kappa shape index (κ3) is 4.27. The molecule has 210 valence electrons. The number of hydrogen-bond acceptors (Lipinski definition) is 5. The maximum absolute atomic E-state index is 13.2. The molecule has 0 saturated carbocycles. The van der Waals surface area contributed by atoms with Crippen LogP contribution in [0, 0.1) is 0 Å². The van der Waals surface area contributed by atoms with Crippen LogP contribution in [-0.2, 0) is 17.5 Å². The fraction of sp³-hybridized carbons (Fsp3) is 0.0811. The van der Waals surface area contributed by atoms with Crippen LogP contribution in [0.4, 0.5) is 11.4 Å². The first-order chi connectivity index (χ1) is 21.1. The summed E-state index contributed by atoms with van der Waals surface area (Å²) in [5, 5.41) is 9.73. The summed E-state index contributed by atoms with van der Waals surface area (Å²) in [5.41, 5.74) is 6.98. The molecule has 5 aromatic carbocycles. The van der Waals surface area contributed by atoms with E-state index in [0.717, 1.165) is 44.7 Å². The average molecular weight is 563 g/mol. The Balaban J connectivity index is 1.48. The summed E-state index contributed by atoms with van der Waals surface area (Å²) < 4.78 is 2.22. The summed E-state index contributed by atoms with van der Waals surface area (Å²) in [6.07, 6.45) is 0. The molecule has 0 bridgehead atoms. The van der Waals surface area contributed by atoms with E-state index in [2.05, 4.69) is 93.7 Å². The lowest BCUT2D eigenvalue weighted by molar-refractivity contribution is 0.0514. The number of likely N-dealkylation sites (N-methyl/N-ethyl adjacent to an activating group) is 1. The molecule has 6 aromatic rings. The second-order valence-corrected chi connectivity index (χ2v) is 10.6. The molecule has 1 aromatic heterocycles. The Morgan fingerprint density at radius 3 is 2.07 bits per heavy atom. The molecule has 1 unspecified atom stereocenters. The smallest absolute Gasteiger partial charge is 0.351 e. The van der Waals surface area contributed by atoms with Crippen LogP contribution in [0.1, 0.15) is 21.5 Å². The van der Waals surface area contributed by atoms with Gasteiger partial charge in [-0.25, -0.2) is 4.79 Å². The molecular formula is C37H30N4O2. The SMILES string of the molecule is CN1c2ccccc2/C(=N\OC(=O)c2ccccc2)C1(Nc1c(-c2ccccc2)n(C)c2ccccc12)c1ccccc1. The van der Waals surface area contributed by atoms with Gasteiger partial charge in [0.05, 0.1) is 22.5 Å². The van der Waals surface area contributed by atoms with Crippen LogP contribution in [-0.4, -0.2) is 23.3 Å². The standard InChI is InChI=1S/C37H30N4O2/c1-40-31-24-14-12-22-29(31)33(34(40)26-16-6-3-7-17-26)38-37(28-20-10-5-11-21-28)35(30-23-13-15-25-32(30)41(37)2)39-43-36(42)27-18-8-4-9-19-27/h3-25,38H,1-2H3/b39-35+. The first kappa shape index (κ1) is 26.3. The van der Waals surface area contributed by atoms with Gasteiger partial charge < -0.3 is 19.6 Å². The van der Waals surface area contributed by atoms with Gasteiger partial charge in [-0.3, -0.25) is 0 Å². The van der Waals surface area contributed by atoms with Gasteiger partial charge in [-0.05, 0) is 24.3 Å². The Labute approximate surface area is 250 Å². The van der Waals surface area contributed by atoms with Gasteiger partial charge in [0, 0.05) is 41.9 Å². The fourth-order valence-corrected chi connectivity index (χ4v) is 6.19. The third-order valence-electron chi connectivity index (χ3n) is 8.25. The van der Waals surface area contributed by atoms with Crippen molar-refractivity contribution >= 4 is 34.0 Å². The molecule has 6 nitrogen and oxygen atoms in total. The summed E-state index contributed by atoms with van der Waals surface area (Å²) >= 11 is 0. The first-order valence-corrected chi connectivity index (χ1v) is 14.2. The van der Waals surface area contributed by atoms with Crippen LogP contribution in [0.5, 0.6) is 0 Å². The summed E-state index contributed by atoms with van der Waals surface area (Å²) in [6.45, 7) is 0. The normalized spacial score (nSPS) is 16.8. The van der Waals surface area contributed by atoms with Gasteiger partial charge in [0.15, 0.2) is 5.66 Å². The van der Waals surface area contributed by atoms with Crippen LogP contribution in [0.15, 0.2) is 145 Å². The molecule has 0 spiro atoms. The number of hydrogen-bond donors (Lipinski definition) is 1. The minimum absolute atomic E-state index is 0.435. The third-order valence-corrected chi connectivity index (χ3v) is 8.25. The first-order valence-electron chi connectivity index (χ1n) is 14.2. The average Bonchev–Trinajstić information content (AvgIpc) is 3.49. The number of anilines is 2. The number of carbonyl (C=O) groups excluding carboxylic acids is 1. The summed E-state index contributed by atoms with van der Waals surface area (Å²) in [6, 6.07) is 46.0. The Morgan fingerprint density at radius 1 is 0.721 bits per heavy atom. The number of fused-ring (bicyclic) bond motifs is 2. The van der Waals surface area contributed by atoms with E-state index in [4.69, 9.17) is 4.84 Å². The number of oxime groups is 1. The molecule has 43 heavy (non-hydrogen) atoms. The molecule has 0 saturated heterocycles. The van der Waals surface area contributed by atoms with Crippen molar-refractivity contribution < 1.29 is 9.63 Å². The molecule has 1 aliphatic heterocycles. The van der Waals surface area contributed by atoms with Gasteiger partial charge in [0.1, 0.15) is 5.71 Å². The summed E-state index contributed by atoms with van der Waals surface area (Å²) in [5.74, 6) is -0.516. The van der Waals surface area contributed by atoms with Crippen LogP contribution >= 0.6 is 0 Å². The van der Waals surface area contributed by atoms with Crippen LogP contribution < -0.4 is 10.2 Å². The monoisotopic (exact) mass is 562 g/mol. The van der Waals surface area contributed by atoms with Crippen molar-refractivity contribution in [3.8, 4) is 11.3 Å². The van der Waals surface area contributed by atoms with Gasteiger partial charge in [0.2, 0.25) is 0 Å². The lowest BCUT2D eigenvalue weighted by atomic mass is 9.91. The number of aryl methyl sites for hydroxylation is 1. The van der Waals surface area contributed by atoms with Crippen molar-refractivity contribution in [1.29, 1.82) is 0 Å². The fourth-order valence-electron chi connectivity index (χ4n) is 6.19. The van der Waals surface area contributed by atoms with Crippen molar-refractivity contribution in [2.45, 2.75) is 5.66 Å². The molecule has 0 radical (unpaired) electrons. The number of benzene rings is 5. The Hall–Kier alpha value is -5.62. The van der Waals surface area contributed by atoms with Crippen molar-refractivity contribution in [3.05, 3.63) is 156 Å². The van der Waals surface area contributed by atoms with Gasteiger partial charge in [-0.1, -0.05) is 120 Å². The molecule has 7 rings (SSSR count). The van der Waals surface area contributed by atoms with E-state index in [9.17, 15) is 4.79 Å². The molecule has 1 aliphatic rings. The number of rotatable bonds is 6. The molecule has 1 N–H and O–H groups in total. The predicted octanol–water partition coefficient (Wildman–Crippen LogP) is 7.82. The zero-order chi connectivity index (χ0) is 29.4. The van der Waals surface area contributed by atoms with Crippen molar-refractivity contribution in [2.75, 3.05) is 17.3 Å². The molecule has 2 heterocycles. The molecular weight excluding hydrogens is 532 g/mol. The maximum Gasteiger partial charge on any atom is 0.365 e. The maximum atomic E-state index is 13.2. The van der Waals surface area contributed by atoms with Gasteiger partial charge >= 0.3 is 5.97 Å². The second kappa shape index (κ2) is 10.7. The summed E-state index contributed by atoms with van der Waals surface area (Å²) in [4.78, 5) is 21.1. The molecule has 0 amide bonds. The van der Waals surface area contributed by atoms with Crippen LogP contribution in [0.2, 0.25) is 0 Å². The Bertz CT molecular complexity index is 1970. The minimum atomic E-state index is -1.02. The number of carbonyl (C=O) groups is 1. The number of para-hydroxylation sites is 2. The highest BCUT2D eigenvalue weighted by Gasteiger charge is 2.51. The van der Waals surface area contributed by atoms with E-state index >= 15 is 0 Å². The quantitative estimate of drug-likeness (QED) is 0.166. The molecule has 0 aliphatic carbocycles. The number of aromatic nitrogens is 1. The van der Waals surface area contributed by atoms with Crippen LogP contribution in [0.3, 0.4) is 0 Å². The molecule has 6 heteroatoms.